The van der Waals surface area contributed by atoms with Crippen LogP contribution in [0.1, 0.15) is 17.3 Å². The van der Waals surface area contributed by atoms with Crippen molar-refractivity contribution in [2.75, 3.05) is 32.1 Å². The van der Waals surface area contributed by atoms with Crippen LogP contribution < -0.4 is 5.32 Å². The molecule has 2 atom stereocenters. The smallest absolute Gasteiger partial charge is 0.341 e. The quantitative estimate of drug-likeness (QED) is 0.792. The first-order chi connectivity index (χ1) is 9.11. The van der Waals surface area contributed by atoms with E-state index in [1.54, 1.807) is 0 Å². The van der Waals surface area contributed by atoms with Crippen LogP contribution in [0.15, 0.2) is 12.5 Å². The molecule has 7 nitrogen and oxygen atoms in total. The third-order valence-electron chi connectivity index (χ3n) is 3.09. The summed E-state index contributed by atoms with van der Waals surface area (Å²) in [6, 6.07) is 0.0259. The van der Waals surface area contributed by atoms with Crippen LogP contribution in [0.4, 0.5) is 5.82 Å². The van der Waals surface area contributed by atoms with E-state index in [2.05, 4.69) is 20.2 Å². The lowest BCUT2D eigenvalue weighted by atomic mass is 10.2. The molecule has 7 heteroatoms. The number of carbonyl (C=O) groups is 1. The molecular weight excluding hydrogens is 248 g/mol. The van der Waals surface area contributed by atoms with E-state index in [4.69, 9.17) is 9.84 Å². The minimum Gasteiger partial charge on any atom is -0.477 e. The normalized spacial score (nSPS) is 23.5. The molecule has 1 fully saturated rings. The van der Waals surface area contributed by atoms with Crippen molar-refractivity contribution in [3.8, 4) is 0 Å². The summed E-state index contributed by atoms with van der Waals surface area (Å²) in [6.07, 6.45) is 2.67. The van der Waals surface area contributed by atoms with E-state index in [0.29, 0.717) is 12.4 Å². The highest BCUT2D eigenvalue weighted by Crippen LogP contribution is 2.18. The van der Waals surface area contributed by atoms with Gasteiger partial charge in [0.15, 0.2) is 0 Å². The van der Waals surface area contributed by atoms with E-state index >= 15 is 0 Å². The highest BCUT2D eigenvalue weighted by atomic mass is 16.5. The number of hydrogen-bond donors (Lipinski definition) is 2. The zero-order valence-corrected chi connectivity index (χ0v) is 11.0. The van der Waals surface area contributed by atoms with Crippen molar-refractivity contribution in [3.05, 3.63) is 18.1 Å². The fourth-order valence-electron chi connectivity index (χ4n) is 2.26. The van der Waals surface area contributed by atoms with Crippen molar-refractivity contribution in [3.63, 3.8) is 0 Å². The third-order valence-corrected chi connectivity index (χ3v) is 3.09. The lowest BCUT2D eigenvalue weighted by Gasteiger charge is -2.20. The fraction of sp³-hybridized carbons (Fsp3) is 0.583. The van der Waals surface area contributed by atoms with Crippen LogP contribution in [0.25, 0.3) is 0 Å². The summed E-state index contributed by atoms with van der Waals surface area (Å²) >= 11 is 0. The van der Waals surface area contributed by atoms with Gasteiger partial charge in [-0.3, -0.25) is 0 Å². The van der Waals surface area contributed by atoms with E-state index in [-0.39, 0.29) is 17.7 Å². The molecule has 1 aliphatic rings. The van der Waals surface area contributed by atoms with Gasteiger partial charge in [-0.2, -0.15) is 0 Å². The van der Waals surface area contributed by atoms with Crippen molar-refractivity contribution < 1.29 is 14.6 Å². The SMILES string of the molecule is CCO[C@H]1CN(C)C[C@@H]1Nc1ncncc1C(=O)O. The summed E-state index contributed by atoms with van der Waals surface area (Å²) in [4.78, 5) is 21.0. The standard InChI is InChI=1S/C12H18N4O3/c1-3-19-10-6-16(2)5-9(10)15-11-8(12(17)18)4-13-7-14-11/h4,7,9-10H,3,5-6H2,1-2H3,(H,17,18)(H,13,14,15)/t9-,10-/m0/s1. The van der Waals surface area contributed by atoms with E-state index < -0.39 is 5.97 Å². The summed E-state index contributed by atoms with van der Waals surface area (Å²) in [5.41, 5.74) is 0.0762. The van der Waals surface area contributed by atoms with E-state index in [0.717, 1.165) is 13.1 Å². The van der Waals surface area contributed by atoms with Crippen molar-refractivity contribution >= 4 is 11.8 Å². The van der Waals surface area contributed by atoms with E-state index in [9.17, 15) is 4.79 Å². The molecule has 0 spiro atoms. The predicted molar refractivity (Wildman–Crippen MR) is 69.3 cm³/mol. The van der Waals surface area contributed by atoms with E-state index in [1.807, 2.05) is 14.0 Å². The van der Waals surface area contributed by atoms with Crippen molar-refractivity contribution in [1.82, 2.24) is 14.9 Å². The Kier molecular flexibility index (Phi) is 4.28. The molecule has 2 heterocycles. The summed E-state index contributed by atoms with van der Waals surface area (Å²) in [6.45, 7) is 4.18. The average Bonchev–Trinajstić information content (AvgIpc) is 2.70. The molecule has 104 valence electrons. The second kappa shape index (κ2) is 5.94. The molecule has 1 saturated heterocycles. The molecule has 0 aliphatic carbocycles. The number of anilines is 1. The first-order valence-corrected chi connectivity index (χ1v) is 6.21. The van der Waals surface area contributed by atoms with Crippen LogP contribution in [0.2, 0.25) is 0 Å². The Bertz CT molecular complexity index is 454. The highest BCUT2D eigenvalue weighted by Gasteiger charge is 2.32. The summed E-state index contributed by atoms with van der Waals surface area (Å²) in [7, 11) is 2.01. The average molecular weight is 266 g/mol. The number of aromatic nitrogens is 2. The summed E-state index contributed by atoms with van der Waals surface area (Å²) in [5.74, 6) is -0.699. The summed E-state index contributed by atoms with van der Waals surface area (Å²) in [5, 5.41) is 12.3. The number of likely N-dealkylation sites (tertiary alicyclic amines) is 1. The molecule has 2 rings (SSSR count). The molecule has 0 bridgehead atoms. The minimum atomic E-state index is -1.04. The van der Waals surface area contributed by atoms with Gasteiger partial charge in [0.25, 0.3) is 0 Å². The molecule has 1 aromatic rings. The first-order valence-electron chi connectivity index (χ1n) is 6.21. The number of ether oxygens (including phenoxy) is 1. The molecule has 2 N–H and O–H groups in total. The molecule has 0 saturated carbocycles. The van der Waals surface area contributed by atoms with Crippen LogP contribution in [-0.4, -0.2) is 64.8 Å². The fourth-order valence-corrected chi connectivity index (χ4v) is 2.26. The maximum absolute atomic E-state index is 11.1. The topological polar surface area (TPSA) is 87.6 Å². The Labute approximate surface area is 111 Å². The predicted octanol–water partition coefficient (Wildman–Crippen LogP) is 0.306. The molecule has 19 heavy (non-hydrogen) atoms. The molecular formula is C12H18N4O3. The van der Waals surface area contributed by atoms with Gasteiger partial charge in [0.05, 0.1) is 12.1 Å². The van der Waals surface area contributed by atoms with Crippen molar-refractivity contribution in [1.29, 1.82) is 0 Å². The number of likely N-dealkylation sites (N-methyl/N-ethyl adjacent to an activating group) is 1. The lowest BCUT2D eigenvalue weighted by Crippen LogP contribution is -2.35. The monoisotopic (exact) mass is 266 g/mol. The maximum Gasteiger partial charge on any atom is 0.341 e. The van der Waals surface area contributed by atoms with E-state index in [1.165, 1.54) is 12.5 Å². The van der Waals surface area contributed by atoms with Crippen LogP contribution in [0, 0.1) is 0 Å². The number of carboxylic acid groups (broad SMARTS) is 1. The molecule has 1 aliphatic heterocycles. The maximum atomic E-state index is 11.1. The third kappa shape index (κ3) is 3.18. The van der Waals surface area contributed by atoms with Gasteiger partial charge >= 0.3 is 5.97 Å². The van der Waals surface area contributed by atoms with Crippen molar-refractivity contribution in [2.24, 2.45) is 0 Å². The molecule has 0 unspecified atom stereocenters. The van der Waals surface area contributed by atoms with Gasteiger partial charge in [0.1, 0.15) is 17.7 Å². The van der Waals surface area contributed by atoms with Gasteiger partial charge < -0.3 is 20.1 Å². The number of hydrogen-bond acceptors (Lipinski definition) is 6. The molecule has 1 aromatic heterocycles. The Morgan fingerprint density at radius 2 is 2.42 bits per heavy atom. The van der Waals surface area contributed by atoms with Gasteiger partial charge in [-0.15, -0.1) is 0 Å². The minimum absolute atomic E-state index is 0.0259. The van der Waals surface area contributed by atoms with Crippen LogP contribution >= 0.6 is 0 Å². The number of nitrogens with one attached hydrogen (secondary N) is 1. The van der Waals surface area contributed by atoms with Crippen molar-refractivity contribution in [2.45, 2.75) is 19.1 Å². The van der Waals surface area contributed by atoms with Crippen LogP contribution in [0.5, 0.6) is 0 Å². The Hall–Kier alpha value is -1.73. The van der Waals surface area contributed by atoms with Gasteiger partial charge in [0, 0.05) is 25.9 Å². The number of aromatic carboxylic acids is 1. The largest absolute Gasteiger partial charge is 0.477 e. The van der Waals surface area contributed by atoms with Gasteiger partial charge in [-0.1, -0.05) is 0 Å². The molecule has 0 radical (unpaired) electrons. The van der Waals surface area contributed by atoms with Gasteiger partial charge in [0.2, 0.25) is 0 Å². The number of carboxylic acids is 1. The lowest BCUT2D eigenvalue weighted by molar-refractivity contribution is 0.0648. The first kappa shape index (κ1) is 13.7. The van der Waals surface area contributed by atoms with Crippen LogP contribution in [0.3, 0.4) is 0 Å². The summed E-state index contributed by atoms with van der Waals surface area (Å²) < 4.78 is 5.66. The zero-order valence-electron chi connectivity index (χ0n) is 11.0. The Morgan fingerprint density at radius 3 is 3.11 bits per heavy atom. The number of nitrogens with zero attached hydrogens (tertiary/aromatic N) is 3. The second-order valence-electron chi connectivity index (χ2n) is 4.56. The Morgan fingerprint density at radius 1 is 1.63 bits per heavy atom. The van der Waals surface area contributed by atoms with Gasteiger partial charge in [-0.05, 0) is 14.0 Å². The Balaban J connectivity index is 2.14. The molecule has 0 amide bonds. The van der Waals surface area contributed by atoms with Gasteiger partial charge in [-0.25, -0.2) is 14.8 Å². The van der Waals surface area contributed by atoms with Crippen LogP contribution in [-0.2, 0) is 4.74 Å². The zero-order chi connectivity index (χ0) is 13.8. The second-order valence-corrected chi connectivity index (χ2v) is 4.56. The molecule has 0 aromatic carbocycles. The number of rotatable bonds is 5. The highest BCUT2D eigenvalue weighted by molar-refractivity contribution is 5.92.